The molecule has 0 spiro atoms. The van der Waals surface area contributed by atoms with Crippen molar-refractivity contribution in [2.75, 3.05) is 7.05 Å². The minimum absolute atomic E-state index is 0.842. The highest BCUT2D eigenvalue weighted by atomic mass is 32.1. The van der Waals surface area contributed by atoms with Gasteiger partial charge in [-0.2, -0.15) is 0 Å². The fourth-order valence-electron chi connectivity index (χ4n) is 2.24. The Bertz CT molecular complexity index is 506. The lowest BCUT2D eigenvalue weighted by molar-refractivity contribution is 0.810. The molecule has 17 heavy (non-hydrogen) atoms. The van der Waals surface area contributed by atoms with Crippen molar-refractivity contribution in [2.45, 2.75) is 27.3 Å². The normalized spacial score (nSPS) is 10.8. The maximum absolute atomic E-state index is 4.68. The van der Waals surface area contributed by atoms with Gasteiger partial charge in [0.25, 0.3) is 0 Å². The second-order valence-electron chi connectivity index (χ2n) is 4.43. The van der Waals surface area contributed by atoms with Crippen LogP contribution in [0.3, 0.4) is 0 Å². The molecule has 1 heterocycles. The van der Waals surface area contributed by atoms with E-state index in [1.54, 1.807) is 11.3 Å². The Hall–Kier alpha value is -1.19. The average Bonchev–Trinajstić information content (AvgIpc) is 2.65. The van der Waals surface area contributed by atoms with Crippen molar-refractivity contribution in [3.05, 3.63) is 39.2 Å². The molecule has 0 saturated carbocycles. The average molecular weight is 246 g/mol. The number of nitrogens with zero attached hydrogens (tertiary/aromatic N) is 1. The van der Waals surface area contributed by atoms with E-state index in [1.165, 1.54) is 22.3 Å². The van der Waals surface area contributed by atoms with E-state index in [4.69, 9.17) is 0 Å². The van der Waals surface area contributed by atoms with Gasteiger partial charge in [-0.15, -0.1) is 11.3 Å². The van der Waals surface area contributed by atoms with Gasteiger partial charge in [0, 0.05) is 17.5 Å². The van der Waals surface area contributed by atoms with Crippen molar-refractivity contribution in [2.24, 2.45) is 0 Å². The minimum Gasteiger partial charge on any atom is -0.314 e. The summed E-state index contributed by atoms with van der Waals surface area (Å²) in [5.74, 6) is 0. The second-order valence-corrected chi connectivity index (χ2v) is 5.37. The van der Waals surface area contributed by atoms with Crippen molar-refractivity contribution in [1.82, 2.24) is 10.3 Å². The molecule has 3 heteroatoms. The first-order chi connectivity index (χ1) is 8.11. The Labute approximate surface area is 107 Å². The third kappa shape index (κ3) is 2.56. The van der Waals surface area contributed by atoms with Gasteiger partial charge >= 0.3 is 0 Å². The third-order valence-electron chi connectivity index (χ3n) is 2.81. The summed E-state index contributed by atoms with van der Waals surface area (Å²) in [6.07, 6.45) is 0. The Morgan fingerprint density at radius 3 is 2.41 bits per heavy atom. The van der Waals surface area contributed by atoms with Gasteiger partial charge in [-0.1, -0.05) is 17.7 Å². The van der Waals surface area contributed by atoms with Crippen molar-refractivity contribution in [3.63, 3.8) is 0 Å². The summed E-state index contributed by atoms with van der Waals surface area (Å²) in [5.41, 5.74) is 6.33. The maximum Gasteiger partial charge on any atom is 0.107 e. The van der Waals surface area contributed by atoms with E-state index < -0.39 is 0 Å². The van der Waals surface area contributed by atoms with Gasteiger partial charge < -0.3 is 5.32 Å². The fraction of sp³-hybridized carbons (Fsp3) is 0.357. The van der Waals surface area contributed by atoms with E-state index >= 15 is 0 Å². The van der Waals surface area contributed by atoms with Crippen LogP contribution in [-0.2, 0) is 6.54 Å². The molecule has 2 aromatic rings. The Kier molecular flexibility index (Phi) is 3.60. The van der Waals surface area contributed by atoms with Crippen molar-refractivity contribution in [1.29, 1.82) is 0 Å². The molecular formula is C14H18N2S. The van der Waals surface area contributed by atoms with Crippen LogP contribution in [-0.4, -0.2) is 12.0 Å². The zero-order chi connectivity index (χ0) is 12.4. The number of benzene rings is 1. The number of thiazole rings is 1. The molecular weight excluding hydrogens is 228 g/mol. The summed E-state index contributed by atoms with van der Waals surface area (Å²) in [6, 6.07) is 4.44. The predicted molar refractivity (Wildman–Crippen MR) is 74.5 cm³/mol. The SMILES string of the molecule is CNCc1nc(-c2c(C)cc(C)cc2C)cs1. The summed E-state index contributed by atoms with van der Waals surface area (Å²) < 4.78 is 0. The lowest BCUT2D eigenvalue weighted by atomic mass is 9.98. The summed E-state index contributed by atoms with van der Waals surface area (Å²) in [5, 5.41) is 6.43. The highest BCUT2D eigenvalue weighted by Gasteiger charge is 2.10. The van der Waals surface area contributed by atoms with Gasteiger partial charge in [0.2, 0.25) is 0 Å². The number of aromatic nitrogens is 1. The Balaban J connectivity index is 2.45. The molecule has 1 aromatic carbocycles. The number of rotatable bonds is 3. The summed E-state index contributed by atoms with van der Waals surface area (Å²) in [4.78, 5) is 4.68. The standard InChI is InChI=1S/C14H18N2S/c1-9-5-10(2)14(11(3)6-9)12-8-17-13(16-12)7-15-4/h5-6,8,15H,7H2,1-4H3. The smallest absolute Gasteiger partial charge is 0.107 e. The van der Waals surface area contributed by atoms with Gasteiger partial charge in [-0.05, 0) is 38.9 Å². The molecule has 0 bridgehead atoms. The molecule has 0 aliphatic carbocycles. The van der Waals surface area contributed by atoms with Crippen molar-refractivity contribution < 1.29 is 0 Å². The molecule has 2 nitrogen and oxygen atoms in total. The van der Waals surface area contributed by atoms with Crippen LogP contribution in [0.25, 0.3) is 11.3 Å². The molecule has 0 aliphatic heterocycles. The molecule has 0 amide bonds. The van der Waals surface area contributed by atoms with E-state index in [1.807, 2.05) is 7.05 Å². The van der Waals surface area contributed by atoms with Gasteiger partial charge in [-0.25, -0.2) is 4.98 Å². The molecule has 0 unspecified atom stereocenters. The number of hydrogen-bond acceptors (Lipinski definition) is 3. The first-order valence-electron chi connectivity index (χ1n) is 5.79. The molecule has 1 N–H and O–H groups in total. The molecule has 0 atom stereocenters. The minimum atomic E-state index is 0.842. The van der Waals surface area contributed by atoms with Crippen LogP contribution < -0.4 is 5.32 Å². The zero-order valence-electron chi connectivity index (χ0n) is 10.8. The first-order valence-corrected chi connectivity index (χ1v) is 6.67. The van der Waals surface area contributed by atoms with E-state index in [9.17, 15) is 0 Å². The highest BCUT2D eigenvalue weighted by Crippen LogP contribution is 2.29. The predicted octanol–water partition coefficient (Wildman–Crippen LogP) is 3.45. The first kappa shape index (κ1) is 12.3. The topological polar surface area (TPSA) is 24.9 Å². The van der Waals surface area contributed by atoms with Crippen LogP contribution in [0.1, 0.15) is 21.7 Å². The molecule has 0 fully saturated rings. The molecule has 2 rings (SSSR count). The fourth-order valence-corrected chi connectivity index (χ4v) is 3.04. The van der Waals surface area contributed by atoms with Crippen LogP contribution in [0.4, 0.5) is 0 Å². The highest BCUT2D eigenvalue weighted by molar-refractivity contribution is 7.09. The third-order valence-corrected chi connectivity index (χ3v) is 3.66. The molecule has 0 saturated heterocycles. The van der Waals surface area contributed by atoms with E-state index in [0.29, 0.717) is 0 Å². The molecule has 1 aromatic heterocycles. The van der Waals surface area contributed by atoms with Crippen molar-refractivity contribution in [3.8, 4) is 11.3 Å². The number of hydrogen-bond donors (Lipinski definition) is 1. The zero-order valence-corrected chi connectivity index (χ0v) is 11.6. The monoisotopic (exact) mass is 246 g/mol. The summed E-state index contributed by atoms with van der Waals surface area (Å²) in [6.45, 7) is 7.30. The van der Waals surface area contributed by atoms with Gasteiger partial charge in [0.05, 0.1) is 5.69 Å². The summed E-state index contributed by atoms with van der Waals surface area (Å²) >= 11 is 1.72. The maximum atomic E-state index is 4.68. The van der Waals surface area contributed by atoms with Gasteiger partial charge in [-0.3, -0.25) is 0 Å². The Morgan fingerprint density at radius 2 is 1.82 bits per heavy atom. The molecule has 0 radical (unpaired) electrons. The lowest BCUT2D eigenvalue weighted by Crippen LogP contribution is -2.04. The molecule has 90 valence electrons. The molecule has 0 aliphatic rings. The number of nitrogens with one attached hydrogen (secondary N) is 1. The van der Waals surface area contributed by atoms with Crippen LogP contribution in [0.5, 0.6) is 0 Å². The van der Waals surface area contributed by atoms with Crippen molar-refractivity contribution >= 4 is 11.3 Å². The van der Waals surface area contributed by atoms with Gasteiger partial charge in [0.1, 0.15) is 5.01 Å². The van der Waals surface area contributed by atoms with Crippen LogP contribution in [0.15, 0.2) is 17.5 Å². The van der Waals surface area contributed by atoms with Crippen LogP contribution in [0, 0.1) is 20.8 Å². The lowest BCUT2D eigenvalue weighted by Gasteiger charge is -2.08. The Morgan fingerprint density at radius 1 is 1.18 bits per heavy atom. The number of aryl methyl sites for hydroxylation is 3. The van der Waals surface area contributed by atoms with Crippen LogP contribution in [0.2, 0.25) is 0 Å². The van der Waals surface area contributed by atoms with Crippen LogP contribution >= 0.6 is 11.3 Å². The van der Waals surface area contributed by atoms with Gasteiger partial charge in [0.15, 0.2) is 0 Å². The largest absolute Gasteiger partial charge is 0.314 e. The quantitative estimate of drug-likeness (QED) is 0.897. The van der Waals surface area contributed by atoms with E-state index in [2.05, 4.69) is 48.6 Å². The summed E-state index contributed by atoms with van der Waals surface area (Å²) in [7, 11) is 1.95. The van der Waals surface area contributed by atoms with E-state index in [-0.39, 0.29) is 0 Å². The second kappa shape index (κ2) is 4.98. The van der Waals surface area contributed by atoms with E-state index in [0.717, 1.165) is 17.2 Å².